The van der Waals surface area contributed by atoms with Gasteiger partial charge in [0, 0.05) is 24.3 Å². The topological polar surface area (TPSA) is 106 Å². The van der Waals surface area contributed by atoms with E-state index in [2.05, 4.69) is 62.7 Å². The van der Waals surface area contributed by atoms with E-state index in [9.17, 15) is 10.1 Å². The van der Waals surface area contributed by atoms with Gasteiger partial charge < -0.3 is 25.2 Å². The number of carbonyl (C=O) groups is 1. The molecule has 1 aliphatic carbocycles. The second kappa shape index (κ2) is 11.4. The molecular formula is C30H41N7O2. The molecule has 1 saturated carbocycles. The molecule has 1 amide bonds. The molecule has 1 aromatic heterocycles. The van der Waals surface area contributed by atoms with E-state index in [1.54, 1.807) is 6.20 Å². The van der Waals surface area contributed by atoms with Crippen LogP contribution in [0.15, 0.2) is 30.5 Å². The summed E-state index contributed by atoms with van der Waals surface area (Å²) in [6, 6.07) is 11.5. The molecule has 2 atom stereocenters. The lowest BCUT2D eigenvalue weighted by Crippen LogP contribution is -2.55. The number of hydrogen-bond donors (Lipinski definition) is 2. The maximum atomic E-state index is 12.4. The number of amides is 1. The Hall–Kier alpha value is -3.38. The first-order chi connectivity index (χ1) is 18.7. The van der Waals surface area contributed by atoms with Gasteiger partial charge in [0.2, 0.25) is 0 Å². The van der Waals surface area contributed by atoms with Crippen molar-refractivity contribution in [2.75, 3.05) is 29.9 Å². The first-order valence-corrected chi connectivity index (χ1v) is 14.3. The predicted molar refractivity (Wildman–Crippen MR) is 152 cm³/mol. The second-order valence-electron chi connectivity index (χ2n) is 12.2. The van der Waals surface area contributed by atoms with Crippen LogP contribution in [0.25, 0.3) is 0 Å². The predicted octanol–water partition coefficient (Wildman–Crippen LogP) is 5.32. The van der Waals surface area contributed by atoms with Crippen LogP contribution in [0, 0.1) is 11.3 Å². The average molecular weight is 532 g/mol. The molecule has 3 heterocycles. The monoisotopic (exact) mass is 531 g/mol. The Kier molecular flexibility index (Phi) is 7.94. The maximum absolute atomic E-state index is 12.4. The number of rotatable bonds is 6. The summed E-state index contributed by atoms with van der Waals surface area (Å²) in [5.74, 6) is 1.73. The number of piperidine rings is 2. The third-order valence-electron chi connectivity index (χ3n) is 8.09. The molecule has 2 aromatic rings. The largest absolute Gasteiger partial charge is 0.444 e. The fourth-order valence-electron chi connectivity index (χ4n) is 5.82. The zero-order valence-electron chi connectivity index (χ0n) is 23.6. The van der Waals surface area contributed by atoms with Gasteiger partial charge in [0.1, 0.15) is 17.5 Å². The molecule has 208 valence electrons. The van der Waals surface area contributed by atoms with Crippen LogP contribution >= 0.6 is 0 Å². The highest BCUT2D eigenvalue weighted by Crippen LogP contribution is 2.35. The quantitative estimate of drug-likeness (QED) is 0.516. The Morgan fingerprint density at radius 1 is 1.08 bits per heavy atom. The van der Waals surface area contributed by atoms with E-state index < -0.39 is 11.7 Å². The summed E-state index contributed by atoms with van der Waals surface area (Å²) in [4.78, 5) is 26.4. The number of alkyl carbamates (subject to hydrolysis) is 1. The van der Waals surface area contributed by atoms with Crippen molar-refractivity contribution in [1.29, 1.82) is 5.26 Å². The third-order valence-corrected chi connectivity index (χ3v) is 8.09. The lowest BCUT2D eigenvalue weighted by molar-refractivity contribution is 0.0489. The smallest absolute Gasteiger partial charge is 0.407 e. The second-order valence-corrected chi connectivity index (χ2v) is 12.2. The third kappa shape index (κ3) is 6.80. The average Bonchev–Trinajstić information content (AvgIpc) is 3.75. The number of anilines is 3. The van der Waals surface area contributed by atoms with Gasteiger partial charge in [-0.25, -0.2) is 14.8 Å². The Bertz CT molecular complexity index is 1190. The summed E-state index contributed by atoms with van der Waals surface area (Å²) in [6.45, 7) is 10.8. The Morgan fingerprint density at radius 2 is 1.79 bits per heavy atom. The zero-order valence-corrected chi connectivity index (χ0v) is 23.6. The molecule has 39 heavy (non-hydrogen) atoms. The molecule has 3 fully saturated rings. The summed E-state index contributed by atoms with van der Waals surface area (Å²) in [5, 5.41) is 16.0. The van der Waals surface area contributed by atoms with E-state index in [0.29, 0.717) is 17.6 Å². The molecule has 2 saturated heterocycles. The van der Waals surface area contributed by atoms with Crippen molar-refractivity contribution < 1.29 is 9.53 Å². The zero-order chi connectivity index (χ0) is 27.6. The van der Waals surface area contributed by atoms with Crippen LogP contribution in [-0.2, 0) is 4.74 Å². The standard InChI is InChI=1S/C30H41N7O2/c1-20-25(34-29(38)39-30(2,3)4)6-5-15-37(20)27-19-32-26(18-31)28(35-27)33-23-9-7-21(8-10-23)22-13-16-36(17-14-22)24-11-12-24/h7-10,19-20,22,24-25H,5-6,11-17H2,1-4H3,(H,33,35)(H,34,38)/t20-,25-/m1/s1. The number of nitrogens with zero attached hydrogens (tertiary/aromatic N) is 5. The van der Waals surface area contributed by atoms with Gasteiger partial charge in [-0.15, -0.1) is 0 Å². The lowest BCUT2D eigenvalue weighted by Gasteiger charge is -2.40. The molecule has 9 heteroatoms. The van der Waals surface area contributed by atoms with Crippen LogP contribution in [0.3, 0.4) is 0 Å². The van der Waals surface area contributed by atoms with Crippen molar-refractivity contribution in [3.05, 3.63) is 41.7 Å². The van der Waals surface area contributed by atoms with Gasteiger partial charge in [0.15, 0.2) is 11.5 Å². The number of benzene rings is 1. The highest BCUT2D eigenvalue weighted by Gasteiger charge is 2.33. The van der Waals surface area contributed by atoms with Gasteiger partial charge in [0.05, 0.1) is 12.2 Å². The van der Waals surface area contributed by atoms with Gasteiger partial charge >= 0.3 is 6.09 Å². The Balaban J connectivity index is 1.25. The summed E-state index contributed by atoms with van der Waals surface area (Å²) in [6.07, 6.45) is 8.17. The summed E-state index contributed by atoms with van der Waals surface area (Å²) in [7, 11) is 0. The minimum atomic E-state index is -0.549. The minimum Gasteiger partial charge on any atom is -0.444 e. The van der Waals surface area contributed by atoms with Crippen LogP contribution in [-0.4, -0.2) is 64.3 Å². The first-order valence-electron chi connectivity index (χ1n) is 14.3. The van der Waals surface area contributed by atoms with E-state index in [1.165, 1.54) is 44.3 Å². The van der Waals surface area contributed by atoms with E-state index in [-0.39, 0.29) is 17.8 Å². The van der Waals surface area contributed by atoms with E-state index in [0.717, 1.165) is 31.1 Å². The van der Waals surface area contributed by atoms with Crippen molar-refractivity contribution in [2.45, 2.75) is 95.9 Å². The normalized spacial score (nSPS) is 22.7. The van der Waals surface area contributed by atoms with E-state index in [4.69, 9.17) is 9.72 Å². The van der Waals surface area contributed by atoms with Crippen LogP contribution < -0.4 is 15.5 Å². The number of ether oxygens (including phenoxy) is 1. The van der Waals surface area contributed by atoms with Gasteiger partial charge in [-0.3, -0.25) is 0 Å². The number of carbonyl (C=O) groups excluding carboxylic acids is 1. The number of nitrogens with one attached hydrogen (secondary N) is 2. The minimum absolute atomic E-state index is 0.00744. The van der Waals surface area contributed by atoms with Gasteiger partial charge in [-0.2, -0.15) is 5.26 Å². The van der Waals surface area contributed by atoms with E-state index in [1.807, 2.05) is 20.8 Å². The maximum Gasteiger partial charge on any atom is 0.407 e. The highest BCUT2D eigenvalue weighted by atomic mass is 16.6. The first kappa shape index (κ1) is 27.2. The van der Waals surface area contributed by atoms with Crippen LogP contribution in [0.4, 0.5) is 22.1 Å². The fraction of sp³-hybridized carbons (Fsp3) is 0.600. The molecule has 2 N–H and O–H groups in total. The Morgan fingerprint density at radius 3 is 2.44 bits per heavy atom. The van der Waals surface area contributed by atoms with Gasteiger partial charge in [-0.1, -0.05) is 12.1 Å². The number of nitriles is 1. The summed E-state index contributed by atoms with van der Waals surface area (Å²) in [5.41, 5.74) is 1.96. The van der Waals surface area contributed by atoms with Gasteiger partial charge in [0.25, 0.3) is 0 Å². The fourth-order valence-corrected chi connectivity index (χ4v) is 5.82. The number of aromatic nitrogens is 2. The SMILES string of the molecule is C[C@@H]1[C@H](NC(=O)OC(C)(C)C)CCCN1c1cnc(C#N)c(Nc2ccc(C3CCN(C4CC4)CC3)cc2)n1. The molecule has 5 rings (SSSR count). The van der Waals surface area contributed by atoms with Gasteiger partial charge in [-0.05, 0) is 103 Å². The summed E-state index contributed by atoms with van der Waals surface area (Å²) >= 11 is 0. The van der Waals surface area contributed by atoms with Crippen molar-refractivity contribution in [2.24, 2.45) is 0 Å². The highest BCUT2D eigenvalue weighted by molar-refractivity contribution is 5.68. The van der Waals surface area contributed by atoms with Crippen LogP contribution in [0.1, 0.15) is 83.4 Å². The van der Waals surface area contributed by atoms with Crippen LogP contribution in [0.2, 0.25) is 0 Å². The molecule has 0 unspecified atom stereocenters. The van der Waals surface area contributed by atoms with Crippen molar-refractivity contribution in [3.8, 4) is 6.07 Å². The van der Waals surface area contributed by atoms with Crippen LogP contribution in [0.5, 0.6) is 0 Å². The number of hydrogen-bond acceptors (Lipinski definition) is 8. The number of likely N-dealkylation sites (tertiary alicyclic amines) is 1. The molecule has 3 aliphatic rings. The van der Waals surface area contributed by atoms with Crippen molar-refractivity contribution in [3.63, 3.8) is 0 Å². The summed E-state index contributed by atoms with van der Waals surface area (Å²) < 4.78 is 5.46. The molecule has 0 bridgehead atoms. The molecule has 1 aromatic carbocycles. The lowest BCUT2D eigenvalue weighted by atomic mass is 9.89. The van der Waals surface area contributed by atoms with Crippen molar-refractivity contribution >= 4 is 23.4 Å². The van der Waals surface area contributed by atoms with E-state index >= 15 is 0 Å². The molecule has 0 radical (unpaired) electrons. The molecular weight excluding hydrogens is 490 g/mol. The molecule has 9 nitrogen and oxygen atoms in total. The van der Waals surface area contributed by atoms with Crippen molar-refractivity contribution in [1.82, 2.24) is 20.2 Å². The molecule has 0 spiro atoms. The molecule has 2 aliphatic heterocycles. The Labute approximate surface area is 231 Å².